The van der Waals surface area contributed by atoms with Crippen LogP contribution in [0.2, 0.25) is 0 Å². The number of nitrogens with zero attached hydrogens (tertiary/aromatic N) is 1. The summed E-state index contributed by atoms with van der Waals surface area (Å²) in [5.41, 5.74) is 7.03. The Balaban J connectivity index is 2.26. The van der Waals surface area contributed by atoms with Gasteiger partial charge < -0.3 is 25.1 Å². The first-order valence-electron chi connectivity index (χ1n) is 8.36. The molecule has 1 aliphatic heterocycles. The molecule has 1 amide bonds. The maximum absolute atomic E-state index is 12.6. The van der Waals surface area contributed by atoms with Crippen LogP contribution < -0.4 is 10.5 Å². The Kier molecular flexibility index (Phi) is 6.26. The van der Waals surface area contributed by atoms with Crippen molar-refractivity contribution in [2.75, 3.05) is 20.4 Å². The molecule has 0 bridgehead atoms. The Morgan fingerprint density at radius 1 is 1.40 bits per heavy atom. The fourth-order valence-corrected chi connectivity index (χ4v) is 2.82. The van der Waals surface area contributed by atoms with Gasteiger partial charge in [0.2, 0.25) is 0 Å². The van der Waals surface area contributed by atoms with Crippen molar-refractivity contribution >= 4 is 6.09 Å². The number of carbonyl (C=O) groups excluding carboxylic acids is 1. The van der Waals surface area contributed by atoms with Gasteiger partial charge >= 0.3 is 6.09 Å². The highest BCUT2D eigenvalue weighted by Gasteiger charge is 2.36. The van der Waals surface area contributed by atoms with Gasteiger partial charge in [-0.15, -0.1) is 0 Å². The number of rotatable bonds is 5. The second kappa shape index (κ2) is 8.03. The van der Waals surface area contributed by atoms with E-state index < -0.39 is 23.8 Å². The predicted molar refractivity (Wildman–Crippen MR) is 93.3 cm³/mol. The molecular weight excluding hydrogens is 324 g/mol. The van der Waals surface area contributed by atoms with E-state index in [0.717, 1.165) is 11.1 Å². The molecule has 2 rings (SSSR count). The van der Waals surface area contributed by atoms with Gasteiger partial charge in [-0.2, -0.15) is 0 Å². The summed E-state index contributed by atoms with van der Waals surface area (Å²) in [7, 11) is 1.56. The maximum Gasteiger partial charge on any atom is 0.410 e. The van der Waals surface area contributed by atoms with Crippen LogP contribution >= 0.6 is 0 Å². The van der Waals surface area contributed by atoms with E-state index in [2.05, 4.69) is 0 Å². The van der Waals surface area contributed by atoms with Crippen LogP contribution in [0.5, 0.6) is 5.75 Å². The van der Waals surface area contributed by atoms with Crippen LogP contribution in [0.4, 0.5) is 4.79 Å². The second-order valence-electron chi connectivity index (χ2n) is 7.16. The smallest absolute Gasteiger partial charge is 0.410 e. The van der Waals surface area contributed by atoms with Gasteiger partial charge in [-0.1, -0.05) is 6.07 Å². The molecule has 0 radical (unpaired) electrons. The molecule has 7 heteroatoms. The minimum absolute atomic E-state index is 0.0777. The number of methoxy groups -OCH3 is 1. The van der Waals surface area contributed by atoms with Crippen LogP contribution in [0, 0.1) is 0 Å². The summed E-state index contributed by atoms with van der Waals surface area (Å²) >= 11 is 0. The average molecular weight is 352 g/mol. The first kappa shape index (κ1) is 19.5. The van der Waals surface area contributed by atoms with Crippen molar-refractivity contribution < 1.29 is 24.1 Å². The molecule has 2 atom stereocenters. The molecule has 25 heavy (non-hydrogen) atoms. The molecule has 0 saturated heterocycles. The molecule has 0 spiro atoms. The molecule has 1 heterocycles. The monoisotopic (exact) mass is 352 g/mol. The fraction of sp³-hybridized carbons (Fsp3) is 0.611. The van der Waals surface area contributed by atoms with Crippen molar-refractivity contribution in [2.24, 2.45) is 5.73 Å². The third-order valence-electron chi connectivity index (χ3n) is 4.00. The first-order valence-corrected chi connectivity index (χ1v) is 8.36. The topological polar surface area (TPSA) is 94.2 Å². The number of benzene rings is 1. The van der Waals surface area contributed by atoms with Crippen molar-refractivity contribution in [1.29, 1.82) is 0 Å². The Morgan fingerprint density at radius 2 is 2.12 bits per heavy atom. The van der Waals surface area contributed by atoms with Crippen LogP contribution in [0.15, 0.2) is 18.2 Å². The number of hydrogen-bond donors (Lipinski definition) is 2. The van der Waals surface area contributed by atoms with E-state index in [1.165, 1.54) is 0 Å². The number of fused-ring (bicyclic) bond motifs is 1. The van der Waals surface area contributed by atoms with E-state index in [1.807, 2.05) is 39.0 Å². The van der Waals surface area contributed by atoms with Crippen molar-refractivity contribution in [3.8, 4) is 5.75 Å². The summed E-state index contributed by atoms with van der Waals surface area (Å²) in [6, 6.07) is 5.27. The first-order chi connectivity index (χ1) is 11.7. The molecule has 140 valence electrons. The molecule has 7 nitrogen and oxygen atoms in total. The van der Waals surface area contributed by atoms with Gasteiger partial charge in [-0.25, -0.2) is 4.79 Å². The molecule has 0 aromatic heterocycles. The number of ether oxygens (including phenoxy) is 3. The van der Waals surface area contributed by atoms with Crippen LogP contribution in [0.3, 0.4) is 0 Å². The zero-order valence-electron chi connectivity index (χ0n) is 15.3. The zero-order valence-corrected chi connectivity index (χ0v) is 15.3. The van der Waals surface area contributed by atoms with E-state index in [1.54, 1.807) is 12.0 Å². The molecule has 3 N–H and O–H groups in total. The summed E-state index contributed by atoms with van der Waals surface area (Å²) in [5, 5.41) is 10.3. The fourth-order valence-electron chi connectivity index (χ4n) is 2.82. The molecule has 1 aromatic carbocycles. The molecule has 0 fully saturated rings. The molecule has 1 aliphatic rings. The largest absolute Gasteiger partial charge is 0.468 e. The lowest BCUT2D eigenvalue weighted by molar-refractivity contribution is -0.0102. The minimum Gasteiger partial charge on any atom is -0.468 e. The summed E-state index contributed by atoms with van der Waals surface area (Å²) in [5.74, 6) is 0.669. The Hall–Kier alpha value is -1.83. The van der Waals surface area contributed by atoms with E-state index in [-0.39, 0.29) is 13.3 Å². The number of hydrogen-bond acceptors (Lipinski definition) is 6. The summed E-state index contributed by atoms with van der Waals surface area (Å²) in [6.07, 6.45) is -0.763. The van der Waals surface area contributed by atoms with E-state index in [0.29, 0.717) is 18.7 Å². The number of amides is 1. The molecule has 0 aliphatic carbocycles. The van der Waals surface area contributed by atoms with Crippen molar-refractivity contribution in [2.45, 2.75) is 51.5 Å². The third kappa shape index (κ3) is 5.07. The van der Waals surface area contributed by atoms with Gasteiger partial charge in [0.25, 0.3) is 0 Å². The summed E-state index contributed by atoms with van der Waals surface area (Å²) in [4.78, 5) is 14.2. The lowest BCUT2D eigenvalue weighted by atomic mass is 9.91. The van der Waals surface area contributed by atoms with Crippen LogP contribution in [-0.2, 0) is 22.4 Å². The van der Waals surface area contributed by atoms with Gasteiger partial charge in [0.1, 0.15) is 11.4 Å². The van der Waals surface area contributed by atoms with E-state index in [9.17, 15) is 9.90 Å². The van der Waals surface area contributed by atoms with E-state index >= 15 is 0 Å². The lowest BCUT2D eigenvalue weighted by Crippen LogP contribution is -2.53. The zero-order chi connectivity index (χ0) is 18.6. The van der Waals surface area contributed by atoms with Gasteiger partial charge in [0.05, 0.1) is 12.1 Å². The number of carbonyl (C=O) groups is 1. The predicted octanol–water partition coefficient (Wildman–Crippen LogP) is 1.65. The molecular formula is C18H28N2O5. The number of aliphatic hydroxyl groups is 1. The Morgan fingerprint density at radius 3 is 2.72 bits per heavy atom. The standard InChI is InChI=1S/C18H28N2O5/c1-18(2,3)25-17(22)20-10-13-7-14(24-11-23-4)6-5-12(13)8-15(20)16(21)9-19/h5-7,15-16,21H,8-11,19H2,1-4H3/t15-,16-/m0/s1. The summed E-state index contributed by atoms with van der Waals surface area (Å²) in [6.45, 7) is 6.00. The summed E-state index contributed by atoms with van der Waals surface area (Å²) < 4.78 is 15.9. The van der Waals surface area contributed by atoms with Crippen molar-refractivity contribution in [3.05, 3.63) is 29.3 Å². The Bertz CT molecular complexity index is 600. The highest BCUT2D eigenvalue weighted by Crippen LogP contribution is 2.29. The van der Waals surface area contributed by atoms with Gasteiger partial charge in [0, 0.05) is 20.2 Å². The minimum atomic E-state index is -0.815. The number of nitrogens with two attached hydrogens (primary N) is 1. The highest BCUT2D eigenvalue weighted by atomic mass is 16.7. The van der Waals surface area contributed by atoms with Gasteiger partial charge in [0.15, 0.2) is 6.79 Å². The Labute approximate surface area is 148 Å². The van der Waals surface area contributed by atoms with E-state index in [4.69, 9.17) is 19.9 Å². The quantitative estimate of drug-likeness (QED) is 0.783. The molecule has 0 unspecified atom stereocenters. The molecule has 1 aromatic rings. The van der Waals surface area contributed by atoms with Crippen LogP contribution in [0.25, 0.3) is 0 Å². The van der Waals surface area contributed by atoms with Crippen molar-refractivity contribution in [1.82, 2.24) is 4.90 Å². The van der Waals surface area contributed by atoms with Crippen LogP contribution in [0.1, 0.15) is 31.9 Å². The highest BCUT2D eigenvalue weighted by molar-refractivity contribution is 5.69. The lowest BCUT2D eigenvalue weighted by Gasteiger charge is -2.39. The third-order valence-corrected chi connectivity index (χ3v) is 4.00. The van der Waals surface area contributed by atoms with Crippen molar-refractivity contribution in [3.63, 3.8) is 0 Å². The maximum atomic E-state index is 12.6. The average Bonchev–Trinajstić information content (AvgIpc) is 2.56. The van der Waals surface area contributed by atoms with Crippen LogP contribution in [-0.4, -0.2) is 54.3 Å². The van der Waals surface area contributed by atoms with Gasteiger partial charge in [-0.05, 0) is 50.5 Å². The number of aliphatic hydroxyl groups excluding tert-OH is 1. The van der Waals surface area contributed by atoms with Gasteiger partial charge in [-0.3, -0.25) is 4.90 Å². The SMILES string of the molecule is COCOc1ccc2c(c1)CN(C(=O)OC(C)(C)C)[C@H]([C@@H](O)CN)C2. The molecule has 0 saturated carbocycles. The second-order valence-corrected chi connectivity index (χ2v) is 7.16. The normalized spacial score (nSPS) is 18.5.